The molecule has 2 N–H and O–H groups in total. The van der Waals surface area contributed by atoms with Crippen LogP contribution in [0.25, 0.3) is 49.0 Å². The summed E-state index contributed by atoms with van der Waals surface area (Å²) in [5, 5.41) is 7.70. The summed E-state index contributed by atoms with van der Waals surface area (Å²) < 4.78 is 2.44. The van der Waals surface area contributed by atoms with Crippen LogP contribution in [0.5, 0.6) is 0 Å². The maximum atomic E-state index is 5.14. The third-order valence-corrected chi connectivity index (χ3v) is 6.26. The van der Waals surface area contributed by atoms with Crippen molar-refractivity contribution in [2.24, 2.45) is 5.73 Å². The fourth-order valence-corrected chi connectivity index (χ4v) is 4.70. The minimum atomic E-state index is 1.10. The molecule has 0 atom stereocenters. The quantitative estimate of drug-likeness (QED) is 0.269. The second-order valence-electron chi connectivity index (χ2n) is 8.44. The van der Waals surface area contributed by atoms with Crippen LogP contribution in [0.1, 0.15) is 13.8 Å². The number of nitrogens with zero attached hydrogens (tertiary/aromatic N) is 1. The number of nitrogens with two attached hydrogens (primary N) is 1. The molecule has 0 spiro atoms. The maximum Gasteiger partial charge on any atom is 0.0619 e. The van der Waals surface area contributed by atoms with Gasteiger partial charge in [-0.1, -0.05) is 103 Å². The Hall–Kier alpha value is -4.30. The minimum Gasteiger partial charge on any atom is -0.404 e. The zero-order valence-electron chi connectivity index (χ0n) is 19.6. The normalized spacial score (nSPS) is 12.0. The summed E-state index contributed by atoms with van der Waals surface area (Å²) >= 11 is 0. The SMILES string of the molecule is C/C=C\C(C)=C/N.c1ccc2c(-n3c4ccccc4c4ccc5ccccc5c43)cccc2c1. The summed E-state index contributed by atoms with van der Waals surface area (Å²) in [6, 6.07) is 37.1. The molecule has 6 rings (SSSR count). The molecule has 0 fully saturated rings. The van der Waals surface area contributed by atoms with Gasteiger partial charge in [0.05, 0.1) is 16.7 Å². The van der Waals surface area contributed by atoms with Crippen LogP contribution in [0, 0.1) is 0 Å². The third-order valence-electron chi connectivity index (χ3n) is 6.26. The number of aromatic nitrogens is 1. The topological polar surface area (TPSA) is 30.9 Å². The summed E-state index contributed by atoms with van der Waals surface area (Å²) in [6.45, 7) is 3.92. The van der Waals surface area contributed by atoms with Gasteiger partial charge in [0.25, 0.3) is 0 Å². The minimum absolute atomic E-state index is 1.10. The van der Waals surface area contributed by atoms with Crippen molar-refractivity contribution in [3.05, 3.63) is 127 Å². The van der Waals surface area contributed by atoms with Crippen LogP contribution in [-0.2, 0) is 0 Å². The third kappa shape index (κ3) is 3.74. The highest BCUT2D eigenvalue weighted by atomic mass is 15.0. The van der Waals surface area contributed by atoms with Crippen molar-refractivity contribution in [1.29, 1.82) is 0 Å². The zero-order valence-corrected chi connectivity index (χ0v) is 19.6. The fraction of sp³-hybridized carbons (Fsp3) is 0.0625. The van der Waals surface area contributed by atoms with Gasteiger partial charge in [-0.15, -0.1) is 0 Å². The highest BCUT2D eigenvalue weighted by Gasteiger charge is 2.15. The Morgan fingerprint density at radius 1 is 0.647 bits per heavy atom. The van der Waals surface area contributed by atoms with Gasteiger partial charge in [-0.25, -0.2) is 0 Å². The molecule has 0 aliphatic heterocycles. The maximum absolute atomic E-state index is 5.14. The Kier molecular flexibility index (Phi) is 5.88. The zero-order chi connectivity index (χ0) is 23.5. The number of fused-ring (bicyclic) bond motifs is 6. The van der Waals surface area contributed by atoms with Crippen LogP contribution in [0.15, 0.2) is 127 Å². The van der Waals surface area contributed by atoms with E-state index in [1.54, 1.807) is 6.20 Å². The summed E-state index contributed by atoms with van der Waals surface area (Å²) in [6.07, 6.45) is 5.50. The Morgan fingerprint density at radius 2 is 1.26 bits per heavy atom. The molecular weight excluding hydrogens is 412 g/mol. The highest BCUT2D eigenvalue weighted by molar-refractivity contribution is 6.19. The van der Waals surface area contributed by atoms with Crippen molar-refractivity contribution in [1.82, 2.24) is 4.57 Å². The Balaban J connectivity index is 0.000000304. The molecule has 5 aromatic carbocycles. The van der Waals surface area contributed by atoms with Crippen molar-refractivity contribution >= 4 is 43.4 Å². The van der Waals surface area contributed by atoms with Gasteiger partial charge in [0.2, 0.25) is 0 Å². The molecule has 0 radical (unpaired) electrons. The summed E-state index contributed by atoms with van der Waals surface area (Å²) in [5.41, 5.74) is 10.0. The standard InChI is InChI=1S/C26H17N.C6H11N/c1-3-11-20-18(8-1)10-7-15-24(20)27-25-14-6-5-13-22(25)23-17-16-19-9-2-4-12-21(19)26(23)27;1-3-4-6(2)5-7/h1-17H;3-5H,7H2,1-2H3/b;4-3-,6-5-. The van der Waals surface area contributed by atoms with Crippen molar-refractivity contribution in [3.63, 3.8) is 0 Å². The second kappa shape index (κ2) is 9.29. The number of allylic oxidation sites excluding steroid dienone is 3. The van der Waals surface area contributed by atoms with E-state index in [9.17, 15) is 0 Å². The number of hydrogen-bond acceptors (Lipinski definition) is 1. The molecule has 0 bridgehead atoms. The fourth-order valence-electron chi connectivity index (χ4n) is 4.70. The molecule has 0 aliphatic carbocycles. The molecule has 0 amide bonds. The van der Waals surface area contributed by atoms with Gasteiger partial charge in [-0.05, 0) is 48.5 Å². The van der Waals surface area contributed by atoms with Crippen molar-refractivity contribution in [2.45, 2.75) is 13.8 Å². The van der Waals surface area contributed by atoms with Crippen LogP contribution < -0.4 is 5.73 Å². The molecule has 0 saturated carbocycles. The molecule has 2 heteroatoms. The number of hydrogen-bond donors (Lipinski definition) is 1. The van der Waals surface area contributed by atoms with Gasteiger partial charge < -0.3 is 10.3 Å². The predicted molar refractivity (Wildman–Crippen MR) is 149 cm³/mol. The van der Waals surface area contributed by atoms with E-state index in [-0.39, 0.29) is 0 Å². The molecule has 166 valence electrons. The van der Waals surface area contributed by atoms with Crippen LogP contribution in [-0.4, -0.2) is 4.57 Å². The first-order valence-corrected chi connectivity index (χ1v) is 11.6. The molecule has 2 nitrogen and oxygen atoms in total. The van der Waals surface area contributed by atoms with Crippen LogP contribution in [0.2, 0.25) is 0 Å². The molecule has 1 aromatic heterocycles. The van der Waals surface area contributed by atoms with Gasteiger partial charge in [-0.2, -0.15) is 0 Å². The summed E-state index contributed by atoms with van der Waals surface area (Å²) in [5.74, 6) is 0. The lowest BCUT2D eigenvalue weighted by molar-refractivity contribution is 1.20. The average Bonchev–Trinajstić information content (AvgIpc) is 3.23. The lowest BCUT2D eigenvalue weighted by Crippen LogP contribution is -1.95. The van der Waals surface area contributed by atoms with Gasteiger partial charge in [-0.3, -0.25) is 0 Å². The Bertz CT molecular complexity index is 1680. The Labute approximate surface area is 200 Å². The van der Waals surface area contributed by atoms with Crippen molar-refractivity contribution in [3.8, 4) is 5.69 Å². The van der Waals surface area contributed by atoms with E-state index >= 15 is 0 Å². The van der Waals surface area contributed by atoms with E-state index in [0.29, 0.717) is 0 Å². The molecule has 1 heterocycles. The van der Waals surface area contributed by atoms with Crippen LogP contribution in [0.3, 0.4) is 0 Å². The Morgan fingerprint density at radius 3 is 1.97 bits per heavy atom. The lowest BCUT2D eigenvalue weighted by Gasteiger charge is -2.12. The summed E-state index contributed by atoms with van der Waals surface area (Å²) in [7, 11) is 0. The molecule has 34 heavy (non-hydrogen) atoms. The molecule has 6 aromatic rings. The molecule has 0 aliphatic rings. The first kappa shape index (κ1) is 21.5. The van der Waals surface area contributed by atoms with E-state index in [1.807, 2.05) is 26.0 Å². The van der Waals surface area contributed by atoms with E-state index in [4.69, 9.17) is 5.73 Å². The predicted octanol–water partition coefficient (Wildman–Crippen LogP) is 8.52. The number of para-hydroxylation sites is 1. The van der Waals surface area contributed by atoms with Crippen molar-refractivity contribution in [2.75, 3.05) is 0 Å². The molecular formula is C32H28N2. The van der Waals surface area contributed by atoms with Crippen molar-refractivity contribution < 1.29 is 0 Å². The van der Waals surface area contributed by atoms with Crippen LogP contribution >= 0.6 is 0 Å². The smallest absolute Gasteiger partial charge is 0.0619 e. The van der Waals surface area contributed by atoms with E-state index in [0.717, 1.165) is 5.57 Å². The number of rotatable bonds is 2. The summed E-state index contributed by atoms with van der Waals surface area (Å²) in [4.78, 5) is 0. The van der Waals surface area contributed by atoms with E-state index in [1.165, 1.54) is 49.0 Å². The van der Waals surface area contributed by atoms with Gasteiger partial charge >= 0.3 is 0 Å². The highest BCUT2D eigenvalue weighted by Crippen LogP contribution is 2.38. The van der Waals surface area contributed by atoms with E-state index in [2.05, 4.69) is 108 Å². The first-order chi connectivity index (χ1) is 16.7. The monoisotopic (exact) mass is 440 g/mol. The number of benzene rings is 5. The molecule has 0 saturated heterocycles. The van der Waals surface area contributed by atoms with Crippen LogP contribution in [0.4, 0.5) is 0 Å². The molecule has 0 unspecified atom stereocenters. The van der Waals surface area contributed by atoms with Gasteiger partial charge in [0.1, 0.15) is 0 Å². The first-order valence-electron chi connectivity index (χ1n) is 11.6. The van der Waals surface area contributed by atoms with Gasteiger partial charge in [0, 0.05) is 21.5 Å². The van der Waals surface area contributed by atoms with E-state index < -0.39 is 0 Å². The largest absolute Gasteiger partial charge is 0.404 e. The second-order valence-corrected chi connectivity index (χ2v) is 8.44. The van der Waals surface area contributed by atoms with Gasteiger partial charge in [0.15, 0.2) is 0 Å². The lowest BCUT2D eigenvalue weighted by atomic mass is 10.1. The average molecular weight is 441 g/mol.